The number of aromatic nitrogens is 3. The number of rotatable bonds is 6. The van der Waals surface area contributed by atoms with Crippen molar-refractivity contribution >= 4 is 29.0 Å². The molecule has 0 unspecified atom stereocenters. The van der Waals surface area contributed by atoms with Crippen LogP contribution in [0.1, 0.15) is 28.9 Å². The van der Waals surface area contributed by atoms with Gasteiger partial charge < -0.3 is 19.8 Å². The molecule has 0 saturated heterocycles. The molecule has 8 nitrogen and oxygen atoms in total. The number of hydrogen-bond acceptors (Lipinski definition) is 5. The van der Waals surface area contributed by atoms with Crippen molar-refractivity contribution < 1.29 is 14.3 Å². The lowest BCUT2D eigenvalue weighted by atomic mass is 10.2. The van der Waals surface area contributed by atoms with Gasteiger partial charge in [-0.1, -0.05) is 6.07 Å². The van der Waals surface area contributed by atoms with Crippen molar-refractivity contribution in [3.8, 4) is 11.5 Å². The highest BCUT2D eigenvalue weighted by atomic mass is 16.5. The van der Waals surface area contributed by atoms with Crippen molar-refractivity contribution in [1.29, 1.82) is 0 Å². The Hall–Kier alpha value is -4.20. The lowest BCUT2D eigenvalue weighted by Gasteiger charge is -2.10. The molecule has 160 valence electrons. The highest BCUT2D eigenvalue weighted by Gasteiger charge is 2.30. The van der Waals surface area contributed by atoms with E-state index in [0.29, 0.717) is 39.9 Å². The van der Waals surface area contributed by atoms with Gasteiger partial charge in [0.1, 0.15) is 17.1 Å². The van der Waals surface area contributed by atoms with Crippen molar-refractivity contribution in [2.75, 3.05) is 10.6 Å². The number of fused-ring (bicyclic) bond motifs is 1. The normalized spacial score (nSPS) is 13.0. The standard InChI is InChI=1S/C24H21N5O3/c1-15-20(6-3-11-25-15)24(31)26-17-4-2-5-18(12-17)32-19-9-10-22-27-21(14-29(22)13-19)28-23(30)16-7-8-16/h2-6,9-14,16H,7-8H2,1H3,(H,26,31)(H,28,30). The minimum atomic E-state index is -0.228. The van der Waals surface area contributed by atoms with Crippen LogP contribution in [0.15, 0.2) is 67.1 Å². The summed E-state index contributed by atoms with van der Waals surface area (Å²) < 4.78 is 7.78. The number of carbonyl (C=O) groups is 2. The van der Waals surface area contributed by atoms with E-state index in [1.807, 2.05) is 18.2 Å². The van der Waals surface area contributed by atoms with Gasteiger partial charge in [-0.3, -0.25) is 14.6 Å². The number of anilines is 2. The summed E-state index contributed by atoms with van der Waals surface area (Å²) in [4.78, 5) is 33.1. The van der Waals surface area contributed by atoms with Crippen LogP contribution < -0.4 is 15.4 Å². The van der Waals surface area contributed by atoms with Gasteiger partial charge in [0.2, 0.25) is 5.91 Å². The maximum absolute atomic E-state index is 12.5. The molecule has 1 aliphatic rings. The topological polar surface area (TPSA) is 97.6 Å². The first-order valence-corrected chi connectivity index (χ1v) is 10.4. The predicted molar refractivity (Wildman–Crippen MR) is 120 cm³/mol. The molecule has 0 atom stereocenters. The maximum atomic E-state index is 12.5. The summed E-state index contributed by atoms with van der Waals surface area (Å²) in [5, 5.41) is 5.73. The van der Waals surface area contributed by atoms with Gasteiger partial charge in [-0.25, -0.2) is 4.98 Å². The molecule has 0 aliphatic heterocycles. The summed E-state index contributed by atoms with van der Waals surface area (Å²) in [6, 6.07) is 14.3. The van der Waals surface area contributed by atoms with E-state index in [4.69, 9.17) is 4.74 Å². The largest absolute Gasteiger partial charge is 0.456 e. The van der Waals surface area contributed by atoms with Gasteiger partial charge in [-0.05, 0) is 56.2 Å². The molecule has 0 bridgehead atoms. The molecule has 0 radical (unpaired) electrons. The van der Waals surface area contributed by atoms with Crippen LogP contribution in [0.4, 0.5) is 11.5 Å². The monoisotopic (exact) mass is 427 g/mol. The van der Waals surface area contributed by atoms with Crippen LogP contribution in [0, 0.1) is 12.8 Å². The molecule has 1 fully saturated rings. The minimum absolute atomic E-state index is 0.0187. The Kier molecular flexibility index (Phi) is 5.03. The Balaban J connectivity index is 1.30. The number of benzene rings is 1. The maximum Gasteiger partial charge on any atom is 0.257 e. The van der Waals surface area contributed by atoms with E-state index in [1.54, 1.807) is 60.2 Å². The van der Waals surface area contributed by atoms with Crippen molar-refractivity contribution in [2.24, 2.45) is 5.92 Å². The minimum Gasteiger partial charge on any atom is -0.456 e. The van der Waals surface area contributed by atoms with E-state index in [9.17, 15) is 9.59 Å². The van der Waals surface area contributed by atoms with E-state index < -0.39 is 0 Å². The predicted octanol–water partition coefficient (Wildman–Crippen LogP) is 4.43. The van der Waals surface area contributed by atoms with Crippen molar-refractivity contribution in [3.05, 3.63) is 78.4 Å². The quantitative estimate of drug-likeness (QED) is 0.474. The van der Waals surface area contributed by atoms with Crippen LogP contribution >= 0.6 is 0 Å². The average Bonchev–Trinajstić information content (AvgIpc) is 3.55. The summed E-state index contributed by atoms with van der Waals surface area (Å²) in [6.45, 7) is 1.80. The molecule has 1 aliphatic carbocycles. The third-order valence-corrected chi connectivity index (χ3v) is 5.20. The van der Waals surface area contributed by atoms with Crippen LogP contribution in [0.2, 0.25) is 0 Å². The Bertz CT molecular complexity index is 1330. The molecule has 1 aromatic carbocycles. The molecule has 2 amide bonds. The van der Waals surface area contributed by atoms with E-state index >= 15 is 0 Å². The second-order valence-corrected chi connectivity index (χ2v) is 7.74. The van der Waals surface area contributed by atoms with Crippen LogP contribution in [0.3, 0.4) is 0 Å². The Morgan fingerprint density at radius 2 is 1.91 bits per heavy atom. The summed E-state index contributed by atoms with van der Waals surface area (Å²) in [5.74, 6) is 1.61. The molecule has 0 spiro atoms. The van der Waals surface area contributed by atoms with Gasteiger partial charge in [0, 0.05) is 29.6 Å². The van der Waals surface area contributed by atoms with Crippen molar-refractivity contribution in [2.45, 2.75) is 19.8 Å². The lowest BCUT2D eigenvalue weighted by molar-refractivity contribution is -0.117. The zero-order valence-corrected chi connectivity index (χ0v) is 17.4. The zero-order valence-electron chi connectivity index (χ0n) is 17.4. The molecule has 1 saturated carbocycles. The molecule has 3 heterocycles. The molecule has 8 heteroatoms. The van der Waals surface area contributed by atoms with Gasteiger partial charge in [0.05, 0.1) is 18.0 Å². The van der Waals surface area contributed by atoms with Gasteiger partial charge >= 0.3 is 0 Å². The SMILES string of the molecule is Cc1ncccc1C(=O)Nc1cccc(Oc2ccc3nc(NC(=O)C4CC4)cn3c2)c1. The smallest absolute Gasteiger partial charge is 0.257 e. The Morgan fingerprint density at radius 3 is 2.72 bits per heavy atom. The van der Waals surface area contributed by atoms with Gasteiger partial charge in [0.15, 0.2) is 5.82 Å². The first kappa shape index (κ1) is 19.7. The first-order valence-electron chi connectivity index (χ1n) is 10.4. The number of aryl methyl sites for hydroxylation is 1. The third kappa shape index (κ3) is 4.29. The molecule has 3 aromatic heterocycles. The molecule has 4 aromatic rings. The molecule has 32 heavy (non-hydrogen) atoms. The number of hydrogen-bond donors (Lipinski definition) is 2. The fraction of sp³-hybridized carbons (Fsp3) is 0.167. The van der Waals surface area contributed by atoms with Crippen molar-refractivity contribution in [1.82, 2.24) is 14.4 Å². The van der Waals surface area contributed by atoms with Crippen LogP contribution in [-0.4, -0.2) is 26.2 Å². The van der Waals surface area contributed by atoms with Crippen LogP contribution in [0.25, 0.3) is 5.65 Å². The second kappa shape index (κ2) is 8.14. The van der Waals surface area contributed by atoms with E-state index in [0.717, 1.165) is 12.8 Å². The highest BCUT2D eigenvalue weighted by molar-refractivity contribution is 6.05. The molecule has 2 N–H and O–H groups in total. The Morgan fingerprint density at radius 1 is 1.03 bits per heavy atom. The number of nitrogens with zero attached hydrogens (tertiary/aromatic N) is 3. The number of nitrogens with one attached hydrogen (secondary N) is 2. The summed E-state index contributed by atoms with van der Waals surface area (Å²) in [7, 11) is 0. The number of imidazole rings is 1. The van der Waals surface area contributed by atoms with Crippen molar-refractivity contribution in [3.63, 3.8) is 0 Å². The number of ether oxygens (including phenoxy) is 1. The third-order valence-electron chi connectivity index (χ3n) is 5.20. The summed E-state index contributed by atoms with van der Waals surface area (Å²) >= 11 is 0. The van der Waals surface area contributed by atoms with E-state index in [1.165, 1.54) is 0 Å². The lowest BCUT2D eigenvalue weighted by Crippen LogP contribution is -2.13. The molecule has 5 rings (SSSR count). The number of carbonyl (C=O) groups excluding carboxylic acids is 2. The zero-order chi connectivity index (χ0) is 22.1. The summed E-state index contributed by atoms with van der Waals surface area (Å²) in [5.41, 5.74) is 2.51. The summed E-state index contributed by atoms with van der Waals surface area (Å²) in [6.07, 6.45) is 7.09. The molecular weight excluding hydrogens is 406 g/mol. The second-order valence-electron chi connectivity index (χ2n) is 7.74. The first-order chi connectivity index (χ1) is 15.5. The van der Waals surface area contributed by atoms with Gasteiger partial charge in [-0.2, -0.15) is 0 Å². The fourth-order valence-electron chi connectivity index (χ4n) is 3.36. The highest BCUT2D eigenvalue weighted by Crippen LogP contribution is 2.30. The van der Waals surface area contributed by atoms with E-state index in [-0.39, 0.29) is 17.7 Å². The van der Waals surface area contributed by atoms with Gasteiger partial charge in [-0.15, -0.1) is 0 Å². The fourth-order valence-corrected chi connectivity index (χ4v) is 3.36. The molecular formula is C24H21N5O3. The van der Waals surface area contributed by atoms with Crippen LogP contribution in [-0.2, 0) is 4.79 Å². The Labute approximate surface area is 184 Å². The van der Waals surface area contributed by atoms with Crippen LogP contribution in [0.5, 0.6) is 11.5 Å². The van der Waals surface area contributed by atoms with E-state index in [2.05, 4.69) is 20.6 Å². The van der Waals surface area contributed by atoms with Gasteiger partial charge in [0.25, 0.3) is 5.91 Å². The average molecular weight is 427 g/mol. The number of pyridine rings is 2. The number of amides is 2.